The summed E-state index contributed by atoms with van der Waals surface area (Å²) in [5.74, 6) is 0.120. The summed E-state index contributed by atoms with van der Waals surface area (Å²) in [6.45, 7) is 1.93. The molecule has 1 aliphatic heterocycles. The summed E-state index contributed by atoms with van der Waals surface area (Å²) in [6.07, 6.45) is 7.81. The summed E-state index contributed by atoms with van der Waals surface area (Å²) in [7, 11) is 0. The van der Waals surface area contributed by atoms with Crippen LogP contribution in [-0.4, -0.2) is 36.0 Å². The molecule has 0 radical (unpaired) electrons. The number of rotatable bonds is 4. The lowest BCUT2D eigenvalue weighted by atomic mass is 10.2. The Bertz CT molecular complexity index is 384. The molecule has 0 aromatic carbocycles. The molecule has 1 atom stereocenters. The Morgan fingerprint density at radius 2 is 2.28 bits per heavy atom. The van der Waals surface area contributed by atoms with Gasteiger partial charge in [0.15, 0.2) is 0 Å². The molecule has 0 bridgehead atoms. The molecular weight excluding hydrogens is 252 g/mol. The average Bonchev–Trinajstić information content (AvgIpc) is 2.86. The zero-order valence-corrected chi connectivity index (χ0v) is 11.1. The topological polar surface area (TPSA) is 45.5 Å². The van der Waals surface area contributed by atoms with Crippen molar-refractivity contribution in [2.45, 2.75) is 37.8 Å². The van der Waals surface area contributed by atoms with E-state index in [1.807, 2.05) is 4.90 Å². The molecule has 18 heavy (non-hydrogen) atoms. The fraction of sp³-hybridized carbons (Fsp3) is 0.615. The van der Waals surface area contributed by atoms with Crippen molar-refractivity contribution < 1.29 is 9.21 Å². The van der Waals surface area contributed by atoms with E-state index in [1.54, 1.807) is 18.6 Å². The van der Waals surface area contributed by atoms with Crippen molar-refractivity contribution in [2.75, 3.05) is 13.1 Å². The van der Waals surface area contributed by atoms with Crippen LogP contribution in [0.15, 0.2) is 23.0 Å². The Morgan fingerprint density at radius 3 is 2.83 bits per heavy atom. The fourth-order valence-corrected chi connectivity index (χ4v) is 2.49. The van der Waals surface area contributed by atoms with Gasteiger partial charge >= 0.3 is 0 Å². The highest BCUT2D eigenvalue weighted by atomic mass is 35.5. The summed E-state index contributed by atoms with van der Waals surface area (Å²) in [6, 6.07) is 2.69. The number of halogens is 1. The molecule has 1 saturated heterocycles. The van der Waals surface area contributed by atoms with Gasteiger partial charge in [0.05, 0.1) is 11.8 Å². The van der Waals surface area contributed by atoms with Gasteiger partial charge in [0, 0.05) is 18.6 Å². The van der Waals surface area contributed by atoms with Gasteiger partial charge in [-0.3, -0.25) is 4.79 Å². The number of furan rings is 1. The van der Waals surface area contributed by atoms with Crippen LogP contribution in [0.1, 0.15) is 36.0 Å². The van der Waals surface area contributed by atoms with Crippen LogP contribution >= 0.6 is 12.4 Å². The third kappa shape index (κ3) is 2.87. The van der Waals surface area contributed by atoms with Gasteiger partial charge < -0.3 is 14.6 Å². The monoisotopic (exact) mass is 270 g/mol. The number of amides is 1. The predicted molar refractivity (Wildman–Crippen MR) is 71.0 cm³/mol. The Morgan fingerprint density at radius 1 is 1.44 bits per heavy atom. The molecule has 100 valence electrons. The van der Waals surface area contributed by atoms with Gasteiger partial charge in [-0.25, -0.2) is 0 Å². The smallest absolute Gasteiger partial charge is 0.257 e. The number of carbonyl (C=O) groups excluding carboxylic acids is 1. The van der Waals surface area contributed by atoms with E-state index >= 15 is 0 Å². The molecule has 1 N–H and O–H groups in total. The third-order valence-corrected chi connectivity index (χ3v) is 3.60. The van der Waals surface area contributed by atoms with Gasteiger partial charge in [0.2, 0.25) is 0 Å². The van der Waals surface area contributed by atoms with E-state index in [4.69, 9.17) is 4.42 Å². The highest BCUT2D eigenvalue weighted by Gasteiger charge is 2.35. The quantitative estimate of drug-likeness (QED) is 0.911. The van der Waals surface area contributed by atoms with Gasteiger partial charge in [-0.15, -0.1) is 12.4 Å². The second-order valence-corrected chi connectivity index (χ2v) is 4.99. The minimum absolute atomic E-state index is 0. The van der Waals surface area contributed by atoms with Crippen molar-refractivity contribution in [1.82, 2.24) is 10.2 Å². The maximum atomic E-state index is 12.3. The first kappa shape index (κ1) is 13.4. The molecule has 3 rings (SSSR count). The Kier molecular flexibility index (Phi) is 4.30. The SMILES string of the molecule is Cl.O=C(c1ccoc1)N(CC1CCCN1)C1CC1. The predicted octanol–water partition coefficient (Wildman–Crippen LogP) is 2.06. The lowest BCUT2D eigenvalue weighted by Gasteiger charge is -2.25. The molecule has 1 aromatic heterocycles. The molecular formula is C13H19ClN2O2. The van der Waals surface area contributed by atoms with E-state index in [0.29, 0.717) is 17.6 Å². The second kappa shape index (κ2) is 5.76. The van der Waals surface area contributed by atoms with Crippen LogP contribution < -0.4 is 5.32 Å². The first-order valence-corrected chi connectivity index (χ1v) is 6.41. The first-order valence-electron chi connectivity index (χ1n) is 6.41. The van der Waals surface area contributed by atoms with Gasteiger partial charge in [-0.05, 0) is 38.3 Å². The van der Waals surface area contributed by atoms with Gasteiger partial charge in [-0.2, -0.15) is 0 Å². The molecule has 1 saturated carbocycles. The first-order chi connectivity index (χ1) is 8.34. The second-order valence-electron chi connectivity index (χ2n) is 4.99. The van der Waals surface area contributed by atoms with Gasteiger partial charge in [-0.1, -0.05) is 0 Å². The molecule has 1 amide bonds. The number of nitrogens with one attached hydrogen (secondary N) is 1. The fourth-order valence-electron chi connectivity index (χ4n) is 2.49. The lowest BCUT2D eigenvalue weighted by Crippen LogP contribution is -2.42. The zero-order valence-electron chi connectivity index (χ0n) is 10.3. The number of hydrogen-bond acceptors (Lipinski definition) is 3. The average molecular weight is 271 g/mol. The summed E-state index contributed by atoms with van der Waals surface area (Å²) in [4.78, 5) is 14.3. The lowest BCUT2D eigenvalue weighted by molar-refractivity contribution is 0.0728. The van der Waals surface area contributed by atoms with Crippen LogP contribution in [0.2, 0.25) is 0 Å². The van der Waals surface area contributed by atoms with Gasteiger partial charge in [0.1, 0.15) is 6.26 Å². The third-order valence-electron chi connectivity index (χ3n) is 3.60. The Hall–Kier alpha value is -1.00. The minimum atomic E-state index is 0. The largest absolute Gasteiger partial charge is 0.472 e. The van der Waals surface area contributed by atoms with E-state index < -0.39 is 0 Å². The standard InChI is InChI=1S/C13H18N2O2.ClH/c16-13(10-5-7-17-9-10)15(12-3-4-12)8-11-2-1-6-14-11;/h5,7,9,11-12,14H,1-4,6,8H2;1H. The van der Waals surface area contributed by atoms with Crippen molar-refractivity contribution in [3.63, 3.8) is 0 Å². The minimum Gasteiger partial charge on any atom is -0.472 e. The van der Waals surface area contributed by atoms with Crippen LogP contribution in [-0.2, 0) is 0 Å². The molecule has 2 heterocycles. The maximum Gasteiger partial charge on any atom is 0.257 e. The molecule has 2 fully saturated rings. The maximum absolute atomic E-state index is 12.3. The van der Waals surface area contributed by atoms with Crippen LogP contribution in [0.4, 0.5) is 0 Å². The van der Waals surface area contributed by atoms with Crippen molar-refractivity contribution in [3.8, 4) is 0 Å². The summed E-state index contributed by atoms with van der Waals surface area (Å²) in [5, 5.41) is 3.45. The molecule has 2 aliphatic rings. The Labute approximate surface area is 113 Å². The molecule has 5 heteroatoms. The van der Waals surface area contributed by atoms with Gasteiger partial charge in [0.25, 0.3) is 5.91 Å². The summed E-state index contributed by atoms with van der Waals surface area (Å²) >= 11 is 0. The molecule has 4 nitrogen and oxygen atoms in total. The van der Waals surface area contributed by atoms with Crippen molar-refractivity contribution >= 4 is 18.3 Å². The van der Waals surface area contributed by atoms with Crippen molar-refractivity contribution in [2.24, 2.45) is 0 Å². The highest BCUT2D eigenvalue weighted by molar-refractivity contribution is 5.94. The molecule has 1 aliphatic carbocycles. The van der Waals surface area contributed by atoms with E-state index in [0.717, 1.165) is 25.9 Å². The van der Waals surface area contributed by atoms with Crippen molar-refractivity contribution in [3.05, 3.63) is 24.2 Å². The number of nitrogens with zero attached hydrogens (tertiary/aromatic N) is 1. The van der Waals surface area contributed by atoms with E-state index in [9.17, 15) is 4.79 Å². The van der Waals surface area contributed by atoms with E-state index in [2.05, 4.69) is 5.32 Å². The summed E-state index contributed by atoms with van der Waals surface area (Å²) in [5.41, 5.74) is 0.676. The van der Waals surface area contributed by atoms with E-state index in [1.165, 1.54) is 12.8 Å². The Balaban J connectivity index is 0.00000120. The number of carbonyl (C=O) groups is 1. The van der Waals surface area contributed by atoms with Crippen LogP contribution in [0, 0.1) is 0 Å². The molecule has 1 aromatic rings. The molecule has 1 unspecified atom stereocenters. The number of hydrogen-bond donors (Lipinski definition) is 1. The highest BCUT2D eigenvalue weighted by Crippen LogP contribution is 2.29. The summed E-state index contributed by atoms with van der Waals surface area (Å²) < 4.78 is 4.99. The normalized spacial score (nSPS) is 22.6. The molecule has 0 spiro atoms. The van der Waals surface area contributed by atoms with E-state index in [-0.39, 0.29) is 18.3 Å². The van der Waals surface area contributed by atoms with Crippen LogP contribution in [0.3, 0.4) is 0 Å². The zero-order chi connectivity index (χ0) is 11.7. The van der Waals surface area contributed by atoms with Crippen LogP contribution in [0.5, 0.6) is 0 Å². The van der Waals surface area contributed by atoms with Crippen LogP contribution in [0.25, 0.3) is 0 Å². The van der Waals surface area contributed by atoms with Crippen molar-refractivity contribution in [1.29, 1.82) is 0 Å².